The van der Waals surface area contributed by atoms with Gasteiger partial charge in [0.05, 0.1) is 0 Å². The van der Waals surface area contributed by atoms with E-state index in [0.717, 1.165) is 23.8 Å². The normalized spacial score (nSPS) is 23.1. The summed E-state index contributed by atoms with van der Waals surface area (Å²) in [7, 11) is 0. The third-order valence-corrected chi connectivity index (χ3v) is 3.82. The summed E-state index contributed by atoms with van der Waals surface area (Å²) in [5.74, 6) is 2.74. The van der Waals surface area contributed by atoms with Crippen LogP contribution in [0.25, 0.3) is 0 Å². The van der Waals surface area contributed by atoms with Gasteiger partial charge in [-0.05, 0) is 43.6 Å². The molecule has 0 bridgehead atoms. The molecule has 1 N–H and O–H groups in total. The lowest BCUT2D eigenvalue weighted by molar-refractivity contribution is 0.256. The Bertz CT molecular complexity index is 151. The third kappa shape index (κ3) is 3.27. The van der Waals surface area contributed by atoms with Gasteiger partial charge in [-0.15, -0.1) is 0 Å². The number of nitrogens with one attached hydrogen (secondary N) is 1. The van der Waals surface area contributed by atoms with E-state index in [9.17, 15) is 0 Å². The zero-order valence-electron chi connectivity index (χ0n) is 10.3. The highest BCUT2D eigenvalue weighted by molar-refractivity contribution is 4.88. The van der Waals surface area contributed by atoms with Crippen LogP contribution in [0.5, 0.6) is 0 Å². The van der Waals surface area contributed by atoms with Gasteiger partial charge < -0.3 is 5.32 Å². The number of rotatable bonds is 7. The highest BCUT2D eigenvalue weighted by atomic mass is 14.9. The molecular formula is C13H27N. The van der Waals surface area contributed by atoms with Crippen LogP contribution in [0.15, 0.2) is 0 Å². The van der Waals surface area contributed by atoms with Gasteiger partial charge >= 0.3 is 0 Å². The quantitative estimate of drug-likeness (QED) is 0.659. The van der Waals surface area contributed by atoms with Crippen LogP contribution in [0.2, 0.25) is 0 Å². The minimum atomic E-state index is 0.757. The standard InChI is InChI=1S/C13H27N/c1-5-9-14-13(10(3)6-2)11(4)12-7-8-12/h10-14H,5-9H2,1-4H3. The molecular weight excluding hydrogens is 170 g/mol. The van der Waals surface area contributed by atoms with Crippen LogP contribution in [0.3, 0.4) is 0 Å². The lowest BCUT2D eigenvalue weighted by Gasteiger charge is -2.30. The Balaban J connectivity index is 2.41. The van der Waals surface area contributed by atoms with Crippen LogP contribution < -0.4 is 5.32 Å². The lowest BCUT2D eigenvalue weighted by Crippen LogP contribution is -2.41. The molecule has 1 nitrogen and oxygen atoms in total. The topological polar surface area (TPSA) is 12.0 Å². The molecule has 0 spiro atoms. The Kier molecular flexibility index (Phi) is 4.94. The molecule has 0 saturated heterocycles. The van der Waals surface area contributed by atoms with Crippen LogP contribution >= 0.6 is 0 Å². The van der Waals surface area contributed by atoms with Gasteiger partial charge in [0.25, 0.3) is 0 Å². The summed E-state index contributed by atoms with van der Waals surface area (Å²) < 4.78 is 0. The van der Waals surface area contributed by atoms with E-state index in [1.54, 1.807) is 0 Å². The Hall–Kier alpha value is -0.0400. The molecule has 3 atom stereocenters. The van der Waals surface area contributed by atoms with E-state index >= 15 is 0 Å². The zero-order valence-corrected chi connectivity index (χ0v) is 10.3. The van der Waals surface area contributed by atoms with E-state index in [4.69, 9.17) is 0 Å². The van der Waals surface area contributed by atoms with Gasteiger partial charge in [0.15, 0.2) is 0 Å². The smallest absolute Gasteiger partial charge is 0.0121 e. The summed E-state index contributed by atoms with van der Waals surface area (Å²) in [5.41, 5.74) is 0. The second-order valence-electron chi connectivity index (χ2n) is 5.06. The van der Waals surface area contributed by atoms with Gasteiger partial charge in [-0.1, -0.05) is 34.1 Å². The Morgan fingerprint density at radius 3 is 2.29 bits per heavy atom. The SMILES string of the molecule is CCCNC(C(C)CC)C(C)C1CC1. The molecule has 1 fully saturated rings. The van der Waals surface area contributed by atoms with Crippen LogP contribution in [0.1, 0.15) is 53.4 Å². The Morgan fingerprint density at radius 2 is 1.86 bits per heavy atom. The zero-order chi connectivity index (χ0) is 10.6. The second-order valence-corrected chi connectivity index (χ2v) is 5.06. The molecule has 14 heavy (non-hydrogen) atoms. The van der Waals surface area contributed by atoms with Crippen molar-refractivity contribution in [3.05, 3.63) is 0 Å². The molecule has 3 unspecified atom stereocenters. The van der Waals surface area contributed by atoms with Crippen LogP contribution in [-0.2, 0) is 0 Å². The van der Waals surface area contributed by atoms with Crippen molar-refractivity contribution in [2.24, 2.45) is 17.8 Å². The van der Waals surface area contributed by atoms with E-state index in [-0.39, 0.29) is 0 Å². The highest BCUT2D eigenvalue weighted by Crippen LogP contribution is 2.40. The van der Waals surface area contributed by atoms with Crippen molar-refractivity contribution in [2.45, 2.75) is 59.4 Å². The molecule has 0 heterocycles. The first-order valence-electron chi connectivity index (χ1n) is 6.44. The van der Waals surface area contributed by atoms with Gasteiger partial charge in [0.1, 0.15) is 0 Å². The minimum Gasteiger partial charge on any atom is -0.313 e. The monoisotopic (exact) mass is 197 g/mol. The summed E-state index contributed by atoms with van der Waals surface area (Å²) in [4.78, 5) is 0. The molecule has 0 aromatic carbocycles. The van der Waals surface area contributed by atoms with Crippen molar-refractivity contribution < 1.29 is 0 Å². The summed E-state index contributed by atoms with van der Waals surface area (Å²) in [5, 5.41) is 3.74. The van der Waals surface area contributed by atoms with Crippen molar-refractivity contribution in [1.82, 2.24) is 5.32 Å². The maximum Gasteiger partial charge on any atom is 0.0121 e. The van der Waals surface area contributed by atoms with Crippen LogP contribution in [-0.4, -0.2) is 12.6 Å². The van der Waals surface area contributed by atoms with Crippen molar-refractivity contribution >= 4 is 0 Å². The average molecular weight is 197 g/mol. The Morgan fingerprint density at radius 1 is 1.21 bits per heavy atom. The van der Waals surface area contributed by atoms with Gasteiger partial charge in [0.2, 0.25) is 0 Å². The molecule has 1 saturated carbocycles. The number of hydrogen-bond donors (Lipinski definition) is 1. The van der Waals surface area contributed by atoms with Crippen molar-refractivity contribution in [2.75, 3.05) is 6.54 Å². The first-order valence-corrected chi connectivity index (χ1v) is 6.44. The highest BCUT2D eigenvalue weighted by Gasteiger charge is 2.34. The average Bonchev–Trinajstić information content (AvgIpc) is 3.00. The maximum absolute atomic E-state index is 3.74. The Labute approximate surface area is 89.7 Å². The summed E-state index contributed by atoms with van der Waals surface area (Å²) in [6, 6.07) is 0.757. The molecule has 1 rings (SSSR count). The molecule has 0 aromatic rings. The van der Waals surface area contributed by atoms with Gasteiger partial charge in [-0.25, -0.2) is 0 Å². The van der Waals surface area contributed by atoms with E-state index in [1.807, 2.05) is 0 Å². The van der Waals surface area contributed by atoms with Gasteiger partial charge in [-0.2, -0.15) is 0 Å². The first kappa shape index (κ1) is 12.0. The van der Waals surface area contributed by atoms with E-state index in [2.05, 4.69) is 33.0 Å². The van der Waals surface area contributed by atoms with Crippen LogP contribution in [0.4, 0.5) is 0 Å². The van der Waals surface area contributed by atoms with Gasteiger partial charge in [0, 0.05) is 6.04 Å². The van der Waals surface area contributed by atoms with E-state index in [1.165, 1.54) is 32.2 Å². The fourth-order valence-electron chi connectivity index (χ4n) is 2.39. The van der Waals surface area contributed by atoms with Crippen LogP contribution in [0, 0.1) is 17.8 Å². The van der Waals surface area contributed by atoms with E-state index < -0.39 is 0 Å². The summed E-state index contributed by atoms with van der Waals surface area (Å²) in [6.07, 6.45) is 5.51. The lowest BCUT2D eigenvalue weighted by atomic mass is 9.86. The van der Waals surface area contributed by atoms with Crippen molar-refractivity contribution in [3.63, 3.8) is 0 Å². The second kappa shape index (κ2) is 5.75. The summed E-state index contributed by atoms with van der Waals surface area (Å²) in [6.45, 7) is 10.6. The molecule has 0 amide bonds. The summed E-state index contributed by atoms with van der Waals surface area (Å²) >= 11 is 0. The molecule has 0 aliphatic heterocycles. The molecule has 1 aliphatic carbocycles. The molecule has 1 aliphatic rings. The largest absolute Gasteiger partial charge is 0.313 e. The third-order valence-electron chi connectivity index (χ3n) is 3.82. The minimum absolute atomic E-state index is 0.757. The van der Waals surface area contributed by atoms with Crippen molar-refractivity contribution in [1.29, 1.82) is 0 Å². The predicted molar refractivity (Wildman–Crippen MR) is 63.4 cm³/mol. The molecule has 0 aromatic heterocycles. The fraction of sp³-hybridized carbons (Fsp3) is 1.00. The van der Waals surface area contributed by atoms with Crippen molar-refractivity contribution in [3.8, 4) is 0 Å². The molecule has 84 valence electrons. The van der Waals surface area contributed by atoms with Gasteiger partial charge in [-0.3, -0.25) is 0 Å². The maximum atomic E-state index is 3.74. The predicted octanol–water partition coefficient (Wildman–Crippen LogP) is 3.45. The van der Waals surface area contributed by atoms with E-state index in [0.29, 0.717) is 0 Å². The number of hydrogen-bond acceptors (Lipinski definition) is 1. The first-order chi connectivity index (χ1) is 6.70. The fourth-order valence-corrected chi connectivity index (χ4v) is 2.39. The molecule has 1 heteroatoms. The molecule has 0 radical (unpaired) electrons.